The fourth-order valence-corrected chi connectivity index (χ4v) is 2.10. The van der Waals surface area contributed by atoms with E-state index in [1.54, 1.807) is 0 Å². The molecule has 1 rings (SSSR count). The number of nitrogens with one attached hydrogen (secondary N) is 1. The zero-order chi connectivity index (χ0) is 10.4. The third-order valence-corrected chi connectivity index (χ3v) is 2.93. The highest BCUT2D eigenvalue weighted by molar-refractivity contribution is 4.96. The van der Waals surface area contributed by atoms with Gasteiger partial charge in [0.2, 0.25) is 0 Å². The Bertz CT molecular complexity index is 216. The van der Waals surface area contributed by atoms with Crippen molar-refractivity contribution in [3.8, 4) is 11.8 Å². The Morgan fingerprint density at radius 2 is 2.36 bits per heavy atom. The molecule has 0 aromatic rings. The highest BCUT2D eigenvalue weighted by atomic mass is 16.5. The van der Waals surface area contributed by atoms with Gasteiger partial charge in [0.25, 0.3) is 0 Å². The van der Waals surface area contributed by atoms with Crippen LogP contribution in [0.5, 0.6) is 0 Å². The summed E-state index contributed by atoms with van der Waals surface area (Å²) in [6.07, 6.45) is 3.75. The molecule has 0 aliphatic carbocycles. The van der Waals surface area contributed by atoms with Crippen LogP contribution >= 0.6 is 0 Å². The Labute approximate surface area is 87.4 Å². The van der Waals surface area contributed by atoms with Crippen LogP contribution in [0.3, 0.4) is 0 Å². The SMILES string of the molecule is CC#CCCC(NC)C1COC(C)C1. The lowest BCUT2D eigenvalue weighted by Gasteiger charge is -2.20. The van der Waals surface area contributed by atoms with Crippen LogP contribution in [-0.2, 0) is 4.74 Å². The molecular formula is C12H21NO. The molecule has 0 saturated carbocycles. The van der Waals surface area contributed by atoms with Gasteiger partial charge >= 0.3 is 0 Å². The fourth-order valence-electron chi connectivity index (χ4n) is 2.10. The summed E-state index contributed by atoms with van der Waals surface area (Å²) in [6, 6.07) is 0.570. The first-order valence-electron chi connectivity index (χ1n) is 5.46. The van der Waals surface area contributed by atoms with Crippen molar-refractivity contribution in [2.75, 3.05) is 13.7 Å². The van der Waals surface area contributed by atoms with Gasteiger partial charge in [0.05, 0.1) is 12.7 Å². The van der Waals surface area contributed by atoms with E-state index < -0.39 is 0 Å². The van der Waals surface area contributed by atoms with E-state index in [2.05, 4.69) is 24.1 Å². The van der Waals surface area contributed by atoms with Crippen molar-refractivity contribution in [1.82, 2.24) is 5.32 Å². The molecule has 1 N–H and O–H groups in total. The van der Waals surface area contributed by atoms with Crippen LogP contribution in [-0.4, -0.2) is 25.8 Å². The molecule has 2 heteroatoms. The van der Waals surface area contributed by atoms with Crippen LogP contribution in [0.2, 0.25) is 0 Å². The van der Waals surface area contributed by atoms with Gasteiger partial charge in [-0.05, 0) is 33.7 Å². The lowest BCUT2D eigenvalue weighted by molar-refractivity contribution is 0.117. The van der Waals surface area contributed by atoms with Crippen LogP contribution in [0.4, 0.5) is 0 Å². The van der Waals surface area contributed by atoms with E-state index in [9.17, 15) is 0 Å². The average Bonchev–Trinajstić information content (AvgIpc) is 2.60. The molecule has 80 valence electrons. The molecule has 2 nitrogen and oxygen atoms in total. The van der Waals surface area contributed by atoms with Crippen LogP contribution in [0, 0.1) is 17.8 Å². The van der Waals surface area contributed by atoms with E-state index in [1.165, 1.54) is 6.42 Å². The van der Waals surface area contributed by atoms with Crippen molar-refractivity contribution in [2.45, 2.75) is 45.3 Å². The largest absolute Gasteiger partial charge is 0.378 e. The zero-order valence-electron chi connectivity index (χ0n) is 9.47. The van der Waals surface area contributed by atoms with Gasteiger partial charge in [-0.1, -0.05) is 0 Å². The van der Waals surface area contributed by atoms with Gasteiger partial charge in [-0.25, -0.2) is 0 Å². The summed E-state index contributed by atoms with van der Waals surface area (Å²) in [5.41, 5.74) is 0. The zero-order valence-corrected chi connectivity index (χ0v) is 9.47. The summed E-state index contributed by atoms with van der Waals surface area (Å²) in [5.74, 6) is 6.73. The second kappa shape index (κ2) is 6.06. The van der Waals surface area contributed by atoms with Gasteiger partial charge in [0, 0.05) is 18.4 Å². The van der Waals surface area contributed by atoms with E-state index in [0.717, 1.165) is 19.4 Å². The van der Waals surface area contributed by atoms with Crippen LogP contribution in [0.1, 0.15) is 33.1 Å². The van der Waals surface area contributed by atoms with Gasteiger partial charge < -0.3 is 10.1 Å². The van der Waals surface area contributed by atoms with E-state index in [1.807, 2.05) is 14.0 Å². The van der Waals surface area contributed by atoms with Gasteiger partial charge in [0.15, 0.2) is 0 Å². The summed E-state index contributed by atoms with van der Waals surface area (Å²) >= 11 is 0. The molecule has 1 aliphatic heterocycles. The van der Waals surface area contributed by atoms with Gasteiger partial charge in [-0.3, -0.25) is 0 Å². The van der Waals surface area contributed by atoms with Crippen molar-refractivity contribution < 1.29 is 4.74 Å². The maximum atomic E-state index is 5.58. The molecular weight excluding hydrogens is 174 g/mol. The summed E-state index contributed by atoms with van der Waals surface area (Å²) in [4.78, 5) is 0. The first-order valence-corrected chi connectivity index (χ1v) is 5.46. The normalized spacial score (nSPS) is 28.2. The lowest BCUT2D eigenvalue weighted by atomic mass is 9.93. The van der Waals surface area contributed by atoms with Crippen molar-refractivity contribution in [2.24, 2.45) is 5.92 Å². The molecule has 3 unspecified atom stereocenters. The second-order valence-electron chi connectivity index (χ2n) is 4.00. The summed E-state index contributed by atoms with van der Waals surface area (Å²) in [6.45, 7) is 4.96. The van der Waals surface area contributed by atoms with E-state index in [-0.39, 0.29) is 0 Å². The monoisotopic (exact) mass is 195 g/mol. The minimum Gasteiger partial charge on any atom is -0.378 e. The molecule has 1 fully saturated rings. The van der Waals surface area contributed by atoms with E-state index >= 15 is 0 Å². The van der Waals surface area contributed by atoms with Crippen molar-refractivity contribution in [1.29, 1.82) is 0 Å². The third kappa shape index (κ3) is 3.32. The van der Waals surface area contributed by atoms with Crippen LogP contribution in [0.15, 0.2) is 0 Å². The van der Waals surface area contributed by atoms with E-state index in [0.29, 0.717) is 18.1 Å². The van der Waals surface area contributed by atoms with Gasteiger partial charge in [0.1, 0.15) is 0 Å². The highest BCUT2D eigenvalue weighted by Crippen LogP contribution is 2.24. The molecule has 1 heterocycles. The number of ether oxygens (including phenoxy) is 1. The van der Waals surface area contributed by atoms with Crippen LogP contribution < -0.4 is 5.32 Å². The number of hydrogen-bond acceptors (Lipinski definition) is 2. The Morgan fingerprint density at radius 3 is 2.86 bits per heavy atom. The summed E-state index contributed by atoms with van der Waals surface area (Å²) in [5, 5.41) is 3.38. The average molecular weight is 195 g/mol. The maximum absolute atomic E-state index is 5.58. The first kappa shape index (κ1) is 11.6. The lowest BCUT2D eigenvalue weighted by Crippen LogP contribution is -2.33. The molecule has 0 spiro atoms. The Hall–Kier alpha value is -0.520. The molecule has 14 heavy (non-hydrogen) atoms. The smallest absolute Gasteiger partial charge is 0.0551 e. The van der Waals surface area contributed by atoms with Crippen LogP contribution in [0.25, 0.3) is 0 Å². The third-order valence-electron chi connectivity index (χ3n) is 2.93. The molecule has 0 amide bonds. The molecule has 1 aliphatic rings. The number of rotatable bonds is 4. The molecule has 0 aromatic carbocycles. The quantitative estimate of drug-likeness (QED) is 0.691. The molecule has 1 saturated heterocycles. The Balaban J connectivity index is 2.32. The summed E-state index contributed by atoms with van der Waals surface area (Å²) in [7, 11) is 2.03. The molecule has 0 aromatic heterocycles. The van der Waals surface area contributed by atoms with E-state index in [4.69, 9.17) is 4.74 Å². The van der Waals surface area contributed by atoms with Gasteiger partial charge in [-0.2, -0.15) is 0 Å². The Morgan fingerprint density at radius 1 is 1.57 bits per heavy atom. The Kier molecular flexibility index (Phi) is 5.00. The van der Waals surface area contributed by atoms with Gasteiger partial charge in [-0.15, -0.1) is 11.8 Å². The second-order valence-corrected chi connectivity index (χ2v) is 4.00. The minimum atomic E-state index is 0.438. The fraction of sp³-hybridized carbons (Fsp3) is 0.833. The van der Waals surface area contributed by atoms with Crippen molar-refractivity contribution in [3.05, 3.63) is 0 Å². The molecule has 0 radical (unpaired) electrons. The molecule has 3 atom stereocenters. The molecule has 0 bridgehead atoms. The first-order chi connectivity index (χ1) is 6.77. The predicted molar refractivity (Wildman–Crippen MR) is 59.1 cm³/mol. The topological polar surface area (TPSA) is 21.3 Å². The highest BCUT2D eigenvalue weighted by Gasteiger charge is 2.27. The number of hydrogen-bond donors (Lipinski definition) is 1. The minimum absolute atomic E-state index is 0.438. The summed E-state index contributed by atoms with van der Waals surface area (Å²) < 4.78 is 5.58. The van der Waals surface area contributed by atoms with Crippen molar-refractivity contribution >= 4 is 0 Å². The van der Waals surface area contributed by atoms with Crippen molar-refractivity contribution in [3.63, 3.8) is 0 Å². The standard InChI is InChI=1S/C12H21NO/c1-4-5-6-7-12(13-3)11-8-10(2)14-9-11/h10-13H,6-9H2,1-3H3. The maximum Gasteiger partial charge on any atom is 0.0551 e. The predicted octanol–water partition coefficient (Wildman–Crippen LogP) is 1.80.